The van der Waals surface area contributed by atoms with Crippen molar-refractivity contribution in [3.63, 3.8) is 0 Å². The monoisotopic (exact) mass is 430 g/mol. The fraction of sp³-hybridized carbons (Fsp3) is 0.304. The summed E-state index contributed by atoms with van der Waals surface area (Å²) in [4.78, 5) is 28.0. The Hall–Kier alpha value is -3.88. The van der Waals surface area contributed by atoms with Crippen molar-refractivity contribution in [1.82, 2.24) is 35.3 Å². The summed E-state index contributed by atoms with van der Waals surface area (Å²) in [5.74, 6) is 0.416. The maximum absolute atomic E-state index is 13.2. The minimum absolute atomic E-state index is 0.167. The highest BCUT2D eigenvalue weighted by atomic mass is 16.2. The lowest BCUT2D eigenvalue weighted by atomic mass is 10.0. The van der Waals surface area contributed by atoms with Crippen LogP contribution in [0.4, 0.5) is 5.95 Å². The molecule has 9 nitrogen and oxygen atoms in total. The zero-order valence-corrected chi connectivity index (χ0v) is 18.6. The average Bonchev–Trinajstić information content (AvgIpc) is 3.32. The molecule has 3 heterocycles. The minimum Gasteiger partial charge on any atom is -0.352 e. The minimum atomic E-state index is -0.277. The number of rotatable bonds is 7. The van der Waals surface area contributed by atoms with Gasteiger partial charge in [-0.1, -0.05) is 32.0 Å². The van der Waals surface area contributed by atoms with Crippen molar-refractivity contribution in [2.24, 2.45) is 5.92 Å². The molecule has 1 aromatic carbocycles. The molecule has 0 bridgehead atoms. The normalized spacial score (nSPS) is 12.2. The highest BCUT2D eigenvalue weighted by Gasteiger charge is 2.23. The fourth-order valence-electron chi connectivity index (χ4n) is 3.37. The number of hydrogen-bond donors (Lipinski definition) is 2. The number of nitrogens with one attached hydrogen (secondary N) is 2. The van der Waals surface area contributed by atoms with Gasteiger partial charge in [-0.05, 0) is 37.0 Å². The number of fused-ring (bicyclic) bond motifs is 1. The first-order valence-electron chi connectivity index (χ1n) is 10.5. The molecule has 164 valence electrons. The van der Waals surface area contributed by atoms with Gasteiger partial charge in [-0.25, -0.2) is 15.0 Å². The molecule has 1 atom stereocenters. The third-order valence-corrected chi connectivity index (χ3v) is 5.48. The molecule has 9 heteroatoms. The molecule has 4 aromatic rings. The molecule has 4 rings (SSSR count). The zero-order valence-electron chi connectivity index (χ0n) is 18.6. The molecule has 0 radical (unpaired) electrons. The Labute approximate surface area is 186 Å². The van der Waals surface area contributed by atoms with Gasteiger partial charge >= 0.3 is 0 Å². The number of aryl methyl sites for hydroxylation is 1. The number of nitrogens with zero attached hydrogens (tertiary/aromatic N) is 6. The molecular weight excluding hydrogens is 404 g/mol. The first-order valence-corrected chi connectivity index (χ1v) is 10.5. The number of pyridine rings is 1. The van der Waals surface area contributed by atoms with Crippen LogP contribution >= 0.6 is 0 Å². The van der Waals surface area contributed by atoms with E-state index in [1.807, 2.05) is 38.1 Å². The molecule has 32 heavy (non-hydrogen) atoms. The molecule has 2 N–H and O–H groups in total. The number of carbonyl (C=O) groups is 1. The van der Waals surface area contributed by atoms with Crippen molar-refractivity contribution in [2.45, 2.75) is 33.7 Å². The van der Waals surface area contributed by atoms with Crippen LogP contribution < -0.4 is 10.6 Å². The largest absolute Gasteiger partial charge is 0.352 e. The van der Waals surface area contributed by atoms with Gasteiger partial charge in [0.2, 0.25) is 5.95 Å². The Morgan fingerprint density at radius 1 is 1.06 bits per heavy atom. The first kappa shape index (κ1) is 21.4. The summed E-state index contributed by atoms with van der Waals surface area (Å²) in [5, 5.41) is 15.7. The lowest BCUT2D eigenvalue weighted by molar-refractivity contribution is 0.0923. The van der Waals surface area contributed by atoms with E-state index in [-0.39, 0.29) is 23.6 Å². The molecule has 0 saturated heterocycles. The van der Waals surface area contributed by atoms with E-state index in [2.05, 4.69) is 49.6 Å². The Bertz CT molecular complexity index is 1240. The zero-order chi connectivity index (χ0) is 22.7. The molecule has 0 aliphatic carbocycles. The summed E-state index contributed by atoms with van der Waals surface area (Å²) >= 11 is 0. The van der Waals surface area contributed by atoms with Gasteiger partial charge in [-0.2, -0.15) is 10.2 Å². The first-order chi connectivity index (χ1) is 15.4. The van der Waals surface area contributed by atoms with Crippen molar-refractivity contribution in [2.75, 3.05) is 11.9 Å². The van der Waals surface area contributed by atoms with E-state index in [9.17, 15) is 4.79 Å². The van der Waals surface area contributed by atoms with Gasteiger partial charge in [0, 0.05) is 30.4 Å². The fourth-order valence-corrected chi connectivity index (χ4v) is 3.37. The van der Waals surface area contributed by atoms with Crippen molar-refractivity contribution in [3.8, 4) is 5.69 Å². The molecule has 0 spiro atoms. The molecule has 0 aliphatic heterocycles. The van der Waals surface area contributed by atoms with E-state index in [0.29, 0.717) is 18.2 Å². The van der Waals surface area contributed by atoms with Gasteiger partial charge < -0.3 is 10.6 Å². The number of carbonyl (C=O) groups excluding carboxylic acids is 1. The molecule has 0 saturated carbocycles. The number of amides is 1. The van der Waals surface area contributed by atoms with Crippen molar-refractivity contribution < 1.29 is 4.79 Å². The highest BCUT2D eigenvalue weighted by molar-refractivity contribution is 5.96. The van der Waals surface area contributed by atoms with E-state index in [4.69, 9.17) is 0 Å². The van der Waals surface area contributed by atoms with Crippen LogP contribution in [0.5, 0.6) is 0 Å². The van der Waals surface area contributed by atoms with Gasteiger partial charge in [0.1, 0.15) is 5.69 Å². The van der Waals surface area contributed by atoms with E-state index < -0.39 is 0 Å². The molecule has 0 aliphatic rings. The van der Waals surface area contributed by atoms with Crippen LogP contribution in [0.2, 0.25) is 0 Å². The second-order valence-corrected chi connectivity index (χ2v) is 8.04. The summed E-state index contributed by atoms with van der Waals surface area (Å²) < 4.78 is 0. The highest BCUT2D eigenvalue weighted by Crippen LogP contribution is 2.20. The van der Waals surface area contributed by atoms with E-state index in [1.165, 1.54) is 4.80 Å². The SMILES string of the molecule is Cc1cnc(C(=O)NC(CNc2ncc3ccccc3n2)C(C)C)c(-n2nccn2)c1C. The number of benzene rings is 1. The Balaban J connectivity index is 1.53. The maximum Gasteiger partial charge on any atom is 0.272 e. The van der Waals surface area contributed by atoms with Gasteiger partial charge in [0.15, 0.2) is 5.69 Å². The summed E-state index contributed by atoms with van der Waals surface area (Å²) in [6.07, 6.45) is 6.64. The molecule has 3 aromatic heterocycles. The smallest absolute Gasteiger partial charge is 0.272 e. The Morgan fingerprint density at radius 3 is 2.56 bits per heavy atom. The quantitative estimate of drug-likeness (QED) is 0.463. The van der Waals surface area contributed by atoms with E-state index in [1.54, 1.807) is 24.8 Å². The van der Waals surface area contributed by atoms with Gasteiger partial charge in [-0.3, -0.25) is 4.79 Å². The topological polar surface area (TPSA) is 111 Å². The predicted octanol–water partition coefficient (Wildman–Crippen LogP) is 3.09. The van der Waals surface area contributed by atoms with Crippen molar-refractivity contribution in [1.29, 1.82) is 0 Å². The second kappa shape index (κ2) is 9.09. The van der Waals surface area contributed by atoms with Crippen LogP contribution in [0.3, 0.4) is 0 Å². The Morgan fingerprint density at radius 2 is 1.81 bits per heavy atom. The van der Waals surface area contributed by atoms with Crippen molar-refractivity contribution >= 4 is 22.8 Å². The van der Waals surface area contributed by atoms with Crippen LogP contribution in [-0.4, -0.2) is 48.4 Å². The third-order valence-electron chi connectivity index (χ3n) is 5.48. The van der Waals surface area contributed by atoms with Crippen LogP contribution in [0.15, 0.2) is 49.1 Å². The summed E-state index contributed by atoms with van der Waals surface area (Å²) in [6.45, 7) is 8.46. The second-order valence-electron chi connectivity index (χ2n) is 8.04. The molecule has 1 unspecified atom stereocenters. The molecular formula is C23H26N8O. The molecule has 1 amide bonds. The standard InChI is InChI=1S/C23H26N8O/c1-14(2)19(13-26-23-25-12-17-7-5-6-8-18(17)30-23)29-22(32)20-21(31-27-9-10-28-31)16(4)15(3)11-24-20/h5-12,14,19H,13H2,1-4H3,(H,29,32)(H,25,26,30). The third kappa shape index (κ3) is 4.41. The van der Waals surface area contributed by atoms with E-state index >= 15 is 0 Å². The predicted molar refractivity (Wildman–Crippen MR) is 123 cm³/mol. The Kier molecular flexibility index (Phi) is 6.07. The number of hydrogen-bond acceptors (Lipinski definition) is 7. The summed E-state index contributed by atoms with van der Waals surface area (Å²) in [5.41, 5.74) is 3.61. The van der Waals surface area contributed by atoms with Crippen LogP contribution in [-0.2, 0) is 0 Å². The number of aromatic nitrogens is 6. The summed E-state index contributed by atoms with van der Waals surface area (Å²) in [6, 6.07) is 7.65. The van der Waals surface area contributed by atoms with Gasteiger partial charge in [0.05, 0.1) is 17.9 Å². The maximum atomic E-state index is 13.2. The van der Waals surface area contributed by atoms with Gasteiger partial charge in [0.25, 0.3) is 5.91 Å². The van der Waals surface area contributed by atoms with Crippen LogP contribution in [0.25, 0.3) is 16.6 Å². The number of anilines is 1. The van der Waals surface area contributed by atoms with Crippen LogP contribution in [0, 0.1) is 19.8 Å². The van der Waals surface area contributed by atoms with E-state index in [0.717, 1.165) is 22.0 Å². The lowest BCUT2D eigenvalue weighted by Gasteiger charge is -2.23. The van der Waals surface area contributed by atoms with Crippen molar-refractivity contribution in [3.05, 3.63) is 65.9 Å². The van der Waals surface area contributed by atoms with Gasteiger partial charge in [-0.15, -0.1) is 4.80 Å². The van der Waals surface area contributed by atoms with Crippen LogP contribution in [0.1, 0.15) is 35.5 Å². The number of para-hydroxylation sites is 1. The molecule has 0 fully saturated rings. The average molecular weight is 431 g/mol. The summed E-state index contributed by atoms with van der Waals surface area (Å²) in [7, 11) is 0. The lowest BCUT2D eigenvalue weighted by Crippen LogP contribution is -2.44.